The average Bonchev–Trinajstić information content (AvgIpc) is 3.10. The van der Waals surface area contributed by atoms with Gasteiger partial charge < -0.3 is 10.1 Å². The van der Waals surface area contributed by atoms with Crippen LogP contribution in [0.15, 0.2) is 17.5 Å². The Kier molecular flexibility index (Phi) is 7.20. The highest BCUT2D eigenvalue weighted by molar-refractivity contribution is 9.09. The quantitative estimate of drug-likeness (QED) is 0.489. The molecule has 0 aliphatic heterocycles. The number of anilines is 1. The van der Waals surface area contributed by atoms with Crippen molar-refractivity contribution < 1.29 is 9.53 Å². The second-order valence-corrected chi connectivity index (χ2v) is 8.54. The second-order valence-electron chi connectivity index (χ2n) is 6.30. The normalized spacial score (nSPS) is 15.0. The van der Waals surface area contributed by atoms with Crippen LogP contribution in [0.2, 0.25) is 10.0 Å². The molecule has 1 amide bonds. The fraction of sp³-hybridized carbons (Fsp3) is 0.444. The molecule has 2 aromatic rings. The van der Waals surface area contributed by atoms with Crippen LogP contribution in [0.4, 0.5) is 5.13 Å². The van der Waals surface area contributed by atoms with E-state index in [9.17, 15) is 4.79 Å². The van der Waals surface area contributed by atoms with E-state index in [-0.39, 0.29) is 11.2 Å². The lowest BCUT2D eigenvalue weighted by atomic mass is 9.90. The first-order chi connectivity index (χ1) is 12.6. The molecule has 1 aromatic carbocycles. The summed E-state index contributed by atoms with van der Waals surface area (Å²) in [4.78, 5) is 15.8. The summed E-state index contributed by atoms with van der Waals surface area (Å²) < 4.78 is 5.93. The molecule has 4 nitrogen and oxygen atoms in total. The molecular weight excluding hydrogens is 459 g/mol. The highest BCUT2D eigenvalue weighted by atomic mass is 79.9. The van der Waals surface area contributed by atoms with Crippen LogP contribution in [0.3, 0.4) is 0 Å². The number of benzene rings is 1. The summed E-state index contributed by atoms with van der Waals surface area (Å²) in [7, 11) is 0. The van der Waals surface area contributed by atoms with E-state index in [1.54, 1.807) is 12.1 Å². The van der Waals surface area contributed by atoms with Gasteiger partial charge in [0, 0.05) is 10.9 Å². The van der Waals surface area contributed by atoms with Crippen molar-refractivity contribution >= 4 is 61.5 Å². The SMILES string of the molecule is O=C(CBr)Nc1nc(-c2cc(Cl)c(OCC3CCCCC3)c(Cl)c2)cs1. The number of aromatic nitrogens is 1. The number of ether oxygens (including phenoxy) is 1. The first-order valence-corrected chi connectivity index (χ1v) is 11.3. The highest BCUT2D eigenvalue weighted by Crippen LogP contribution is 2.39. The van der Waals surface area contributed by atoms with Gasteiger partial charge in [-0.15, -0.1) is 11.3 Å². The first-order valence-electron chi connectivity index (χ1n) is 8.50. The molecule has 1 aliphatic carbocycles. The molecule has 1 aliphatic rings. The molecule has 0 spiro atoms. The van der Waals surface area contributed by atoms with Gasteiger partial charge in [-0.1, -0.05) is 58.4 Å². The van der Waals surface area contributed by atoms with Crippen molar-refractivity contribution in [2.75, 3.05) is 17.3 Å². The fourth-order valence-electron chi connectivity index (χ4n) is 3.02. The summed E-state index contributed by atoms with van der Waals surface area (Å²) in [5.41, 5.74) is 1.50. The largest absolute Gasteiger partial charge is 0.490 e. The van der Waals surface area contributed by atoms with Gasteiger partial charge in [0.25, 0.3) is 0 Å². The van der Waals surface area contributed by atoms with Crippen LogP contribution in [0.5, 0.6) is 5.75 Å². The number of amides is 1. The van der Waals surface area contributed by atoms with Crippen LogP contribution in [-0.2, 0) is 4.79 Å². The molecule has 26 heavy (non-hydrogen) atoms. The molecule has 0 atom stereocenters. The number of hydrogen-bond donors (Lipinski definition) is 1. The summed E-state index contributed by atoms with van der Waals surface area (Å²) >= 11 is 17.3. The molecule has 0 unspecified atom stereocenters. The van der Waals surface area contributed by atoms with E-state index >= 15 is 0 Å². The van der Waals surface area contributed by atoms with Gasteiger partial charge in [0.1, 0.15) is 0 Å². The molecule has 1 fully saturated rings. The van der Waals surface area contributed by atoms with Crippen molar-refractivity contribution in [2.45, 2.75) is 32.1 Å². The zero-order valence-corrected chi connectivity index (χ0v) is 18.0. The van der Waals surface area contributed by atoms with Gasteiger partial charge in [-0.3, -0.25) is 4.79 Å². The third kappa shape index (κ3) is 5.12. The molecule has 1 heterocycles. The molecule has 1 saturated carbocycles. The molecule has 0 bridgehead atoms. The number of nitrogens with zero attached hydrogens (tertiary/aromatic N) is 1. The van der Waals surface area contributed by atoms with Crippen molar-refractivity contribution in [1.82, 2.24) is 4.98 Å². The molecule has 3 rings (SSSR count). The monoisotopic (exact) mass is 476 g/mol. The Morgan fingerprint density at radius 3 is 2.62 bits per heavy atom. The minimum Gasteiger partial charge on any atom is -0.490 e. The number of thiazole rings is 1. The molecule has 140 valence electrons. The number of carbonyl (C=O) groups excluding carboxylic acids is 1. The van der Waals surface area contributed by atoms with E-state index in [1.165, 1.54) is 43.4 Å². The van der Waals surface area contributed by atoms with Gasteiger partial charge in [0.2, 0.25) is 5.91 Å². The number of halogens is 3. The van der Waals surface area contributed by atoms with Crippen molar-refractivity contribution in [3.05, 3.63) is 27.6 Å². The number of nitrogens with one attached hydrogen (secondary N) is 1. The Labute approximate surface area is 175 Å². The predicted molar refractivity (Wildman–Crippen MR) is 112 cm³/mol. The van der Waals surface area contributed by atoms with Crippen LogP contribution < -0.4 is 10.1 Å². The van der Waals surface area contributed by atoms with Crippen molar-refractivity contribution in [3.63, 3.8) is 0 Å². The van der Waals surface area contributed by atoms with Crippen molar-refractivity contribution in [1.29, 1.82) is 0 Å². The number of hydrogen-bond acceptors (Lipinski definition) is 4. The Morgan fingerprint density at radius 1 is 1.27 bits per heavy atom. The smallest absolute Gasteiger partial charge is 0.236 e. The van der Waals surface area contributed by atoms with Gasteiger partial charge in [0.15, 0.2) is 10.9 Å². The van der Waals surface area contributed by atoms with Gasteiger partial charge in [-0.05, 0) is 30.9 Å². The molecular formula is C18H19BrCl2N2O2S. The van der Waals surface area contributed by atoms with E-state index in [0.717, 1.165) is 5.56 Å². The van der Waals surface area contributed by atoms with Crippen LogP contribution in [0, 0.1) is 5.92 Å². The maximum atomic E-state index is 11.4. The van der Waals surface area contributed by atoms with Gasteiger partial charge in [-0.2, -0.15) is 0 Å². The Bertz CT molecular complexity index is 755. The van der Waals surface area contributed by atoms with E-state index in [2.05, 4.69) is 26.2 Å². The van der Waals surface area contributed by atoms with E-state index in [0.29, 0.717) is 39.1 Å². The third-order valence-electron chi connectivity index (χ3n) is 4.35. The topological polar surface area (TPSA) is 51.2 Å². The van der Waals surface area contributed by atoms with Crippen molar-refractivity contribution in [3.8, 4) is 17.0 Å². The predicted octanol–water partition coefficient (Wildman–Crippen LogP) is 6.41. The fourth-order valence-corrected chi connectivity index (χ4v) is 4.49. The summed E-state index contributed by atoms with van der Waals surface area (Å²) in [6.07, 6.45) is 6.26. The lowest BCUT2D eigenvalue weighted by Gasteiger charge is -2.22. The van der Waals surface area contributed by atoms with Crippen LogP contribution in [0.25, 0.3) is 11.3 Å². The minimum absolute atomic E-state index is 0.145. The lowest BCUT2D eigenvalue weighted by molar-refractivity contribution is -0.113. The van der Waals surface area contributed by atoms with Crippen LogP contribution in [-0.4, -0.2) is 22.8 Å². The van der Waals surface area contributed by atoms with E-state index in [1.807, 2.05) is 5.38 Å². The molecule has 1 N–H and O–H groups in total. The molecule has 0 saturated heterocycles. The minimum atomic E-state index is -0.145. The average molecular weight is 478 g/mol. The maximum Gasteiger partial charge on any atom is 0.236 e. The van der Waals surface area contributed by atoms with Crippen LogP contribution in [0.1, 0.15) is 32.1 Å². The van der Waals surface area contributed by atoms with Gasteiger partial charge in [0.05, 0.1) is 27.7 Å². The van der Waals surface area contributed by atoms with Gasteiger partial charge in [-0.25, -0.2) is 4.98 Å². The van der Waals surface area contributed by atoms with Crippen molar-refractivity contribution in [2.24, 2.45) is 5.92 Å². The summed E-state index contributed by atoms with van der Waals surface area (Å²) in [5.74, 6) is 0.967. The Morgan fingerprint density at radius 2 is 1.96 bits per heavy atom. The molecule has 1 aromatic heterocycles. The zero-order valence-electron chi connectivity index (χ0n) is 14.1. The number of carbonyl (C=O) groups is 1. The molecule has 0 radical (unpaired) electrons. The van der Waals surface area contributed by atoms with Gasteiger partial charge >= 0.3 is 0 Å². The lowest BCUT2D eigenvalue weighted by Crippen LogP contribution is -2.15. The number of rotatable bonds is 6. The third-order valence-corrected chi connectivity index (χ3v) is 6.18. The highest BCUT2D eigenvalue weighted by Gasteiger charge is 2.17. The van der Waals surface area contributed by atoms with E-state index < -0.39 is 0 Å². The summed E-state index contributed by atoms with van der Waals surface area (Å²) in [6.45, 7) is 0.651. The van der Waals surface area contributed by atoms with Crippen LogP contribution >= 0.6 is 50.5 Å². The summed E-state index contributed by atoms with van der Waals surface area (Å²) in [5, 5.41) is 6.28. The summed E-state index contributed by atoms with van der Waals surface area (Å²) in [6, 6.07) is 3.60. The maximum absolute atomic E-state index is 11.4. The standard InChI is InChI=1S/C18H19BrCl2N2O2S/c19-8-16(24)23-18-22-15(10-26-18)12-6-13(20)17(14(21)7-12)25-9-11-4-2-1-3-5-11/h6-7,10-11H,1-5,8-9H2,(H,22,23,24). The van der Waals surface area contributed by atoms with E-state index in [4.69, 9.17) is 27.9 Å². The molecule has 8 heteroatoms. The first kappa shape index (κ1) is 19.9. The zero-order chi connectivity index (χ0) is 18.5. The Hall–Kier alpha value is -0.820. The Balaban J connectivity index is 1.71. The number of alkyl halides is 1. The second kappa shape index (κ2) is 9.40.